The number of nitrogens with one attached hydrogen (secondary N) is 2. The average molecular weight is 560 g/mol. The minimum atomic E-state index is -0.575. The summed E-state index contributed by atoms with van der Waals surface area (Å²) in [6.07, 6.45) is 0.0324. The first-order valence-electron chi connectivity index (χ1n) is 12.9. The summed E-state index contributed by atoms with van der Waals surface area (Å²) in [6.45, 7) is 5.77. The number of amides is 1. The molecule has 0 saturated carbocycles. The molecule has 0 saturated heterocycles. The molecule has 0 radical (unpaired) electrons. The number of halogens is 1. The van der Waals surface area contributed by atoms with E-state index in [9.17, 15) is 9.18 Å². The second-order valence-electron chi connectivity index (χ2n) is 9.50. The predicted molar refractivity (Wildman–Crippen MR) is 154 cm³/mol. The number of aromatic nitrogens is 3. The molecule has 4 aromatic rings. The van der Waals surface area contributed by atoms with Crippen LogP contribution in [0.2, 0.25) is 0 Å². The Balaban J connectivity index is 1.50. The topological polar surface area (TPSA) is 90.3 Å². The number of rotatable bonds is 9. The van der Waals surface area contributed by atoms with Crippen LogP contribution in [0, 0.1) is 5.82 Å². The number of fused-ring (bicyclic) bond motifs is 1. The molecule has 10 heteroatoms. The maximum Gasteiger partial charge on any atom is 0.255 e. The number of thioether (sulfide) groups is 1. The third-order valence-electron chi connectivity index (χ3n) is 6.32. The van der Waals surface area contributed by atoms with E-state index in [0.29, 0.717) is 45.1 Å². The fraction of sp³-hybridized carbons (Fsp3) is 0.233. The lowest BCUT2D eigenvalue weighted by molar-refractivity contribution is -0.113. The summed E-state index contributed by atoms with van der Waals surface area (Å²) in [6, 6.07) is 20.9. The Hall–Kier alpha value is -4.31. The highest BCUT2D eigenvalue weighted by atomic mass is 32.2. The van der Waals surface area contributed by atoms with Gasteiger partial charge in [0.05, 0.1) is 24.5 Å². The van der Waals surface area contributed by atoms with Gasteiger partial charge in [-0.25, -0.2) is 9.07 Å². The van der Waals surface area contributed by atoms with Crippen molar-refractivity contribution in [3.63, 3.8) is 0 Å². The molecule has 1 amide bonds. The molecular weight excluding hydrogens is 529 g/mol. The molecule has 8 nitrogen and oxygen atoms in total. The van der Waals surface area contributed by atoms with E-state index in [1.54, 1.807) is 42.1 Å². The smallest absolute Gasteiger partial charge is 0.255 e. The number of ether oxygens (including phenoxy) is 2. The third-order valence-corrected chi connectivity index (χ3v) is 7.20. The molecule has 0 spiro atoms. The molecule has 1 aliphatic heterocycles. The van der Waals surface area contributed by atoms with Gasteiger partial charge in [0.1, 0.15) is 23.4 Å². The standard InChI is InChI=1S/C30H30FN5O3S/c1-18(2)39-22-15-13-20(14-16-22)27-26(28(37)33-24-11-7-8-12-25(24)38-4)19(3)32-29-34-30(35-36(27)29)40-17-21-9-5-6-10-23(21)31/h5-16,18,27H,17H2,1-4H3,(H,33,37)(H,32,34,35). The number of carbonyl (C=O) groups is 1. The molecule has 3 aromatic carbocycles. The van der Waals surface area contributed by atoms with Gasteiger partial charge < -0.3 is 20.1 Å². The summed E-state index contributed by atoms with van der Waals surface area (Å²) >= 11 is 1.33. The van der Waals surface area contributed by atoms with E-state index in [1.807, 2.05) is 57.2 Å². The first-order valence-corrected chi connectivity index (χ1v) is 13.8. The minimum Gasteiger partial charge on any atom is -0.495 e. The van der Waals surface area contributed by atoms with E-state index >= 15 is 0 Å². The lowest BCUT2D eigenvalue weighted by Crippen LogP contribution is -2.31. The van der Waals surface area contributed by atoms with Crippen molar-refractivity contribution in [2.75, 3.05) is 17.7 Å². The van der Waals surface area contributed by atoms with Gasteiger partial charge in [-0.1, -0.05) is 54.2 Å². The lowest BCUT2D eigenvalue weighted by atomic mass is 9.95. The predicted octanol–water partition coefficient (Wildman–Crippen LogP) is 6.43. The van der Waals surface area contributed by atoms with Gasteiger partial charge >= 0.3 is 0 Å². The monoisotopic (exact) mass is 559 g/mol. The van der Waals surface area contributed by atoms with E-state index in [4.69, 9.17) is 14.6 Å². The van der Waals surface area contributed by atoms with E-state index < -0.39 is 6.04 Å². The summed E-state index contributed by atoms with van der Waals surface area (Å²) in [7, 11) is 1.56. The number of allylic oxidation sites excluding steroid dienone is 1. The van der Waals surface area contributed by atoms with Gasteiger partial charge in [-0.05, 0) is 62.2 Å². The van der Waals surface area contributed by atoms with Gasteiger partial charge in [-0.3, -0.25) is 4.79 Å². The molecule has 5 rings (SSSR count). The molecule has 2 N–H and O–H groups in total. The molecule has 1 unspecified atom stereocenters. The summed E-state index contributed by atoms with van der Waals surface area (Å²) in [5, 5.41) is 11.4. The first-order chi connectivity index (χ1) is 19.3. The highest BCUT2D eigenvalue weighted by Gasteiger charge is 2.34. The third kappa shape index (κ3) is 5.81. The average Bonchev–Trinajstić information content (AvgIpc) is 3.34. The number of hydrogen-bond acceptors (Lipinski definition) is 7. The Labute approximate surface area is 236 Å². The maximum atomic E-state index is 14.2. The highest BCUT2D eigenvalue weighted by molar-refractivity contribution is 7.98. The molecular formula is C30H30FN5O3S. The van der Waals surface area contributed by atoms with E-state index in [0.717, 1.165) is 11.3 Å². The summed E-state index contributed by atoms with van der Waals surface area (Å²) in [4.78, 5) is 18.5. The van der Waals surface area contributed by atoms with E-state index in [2.05, 4.69) is 15.6 Å². The Morgan fingerprint density at radius 3 is 2.55 bits per heavy atom. The van der Waals surface area contributed by atoms with Crippen molar-refractivity contribution in [3.05, 3.63) is 101 Å². The van der Waals surface area contributed by atoms with Gasteiger partial charge in [0.2, 0.25) is 11.1 Å². The second-order valence-corrected chi connectivity index (χ2v) is 10.4. The van der Waals surface area contributed by atoms with Crippen LogP contribution in [-0.4, -0.2) is 33.9 Å². The lowest BCUT2D eigenvalue weighted by Gasteiger charge is -2.29. The SMILES string of the molecule is COc1ccccc1NC(=O)C1=C(C)Nc2nc(SCc3ccccc3F)nn2C1c1ccc(OC(C)C)cc1. The Morgan fingerprint density at radius 2 is 1.82 bits per heavy atom. The summed E-state index contributed by atoms with van der Waals surface area (Å²) < 4.78 is 27.2. The van der Waals surface area contributed by atoms with Crippen LogP contribution in [0.5, 0.6) is 11.5 Å². The van der Waals surface area contributed by atoms with E-state index in [-0.39, 0.29) is 17.8 Å². The Kier molecular flexibility index (Phi) is 8.06. The number of carbonyl (C=O) groups excluding carboxylic acids is 1. The van der Waals surface area contributed by atoms with Crippen LogP contribution in [-0.2, 0) is 10.5 Å². The zero-order valence-corrected chi connectivity index (χ0v) is 23.5. The summed E-state index contributed by atoms with van der Waals surface area (Å²) in [5.41, 5.74) is 3.08. The molecule has 1 aliphatic rings. The normalized spacial score (nSPS) is 14.5. The van der Waals surface area contributed by atoms with Crippen molar-refractivity contribution in [1.82, 2.24) is 14.8 Å². The fourth-order valence-electron chi connectivity index (χ4n) is 4.49. The Bertz CT molecular complexity index is 1550. The van der Waals surface area contributed by atoms with Gasteiger partial charge in [-0.2, -0.15) is 4.98 Å². The van der Waals surface area contributed by atoms with Crippen molar-refractivity contribution in [3.8, 4) is 11.5 Å². The van der Waals surface area contributed by atoms with E-state index in [1.165, 1.54) is 17.8 Å². The fourth-order valence-corrected chi connectivity index (χ4v) is 5.31. The first kappa shape index (κ1) is 27.3. The number of para-hydroxylation sites is 2. The van der Waals surface area contributed by atoms with Gasteiger partial charge in [-0.15, -0.1) is 5.10 Å². The molecule has 2 heterocycles. The van der Waals surface area contributed by atoms with Gasteiger partial charge in [0.25, 0.3) is 5.91 Å². The summed E-state index contributed by atoms with van der Waals surface area (Å²) in [5.74, 6) is 1.58. The zero-order valence-electron chi connectivity index (χ0n) is 22.6. The van der Waals surface area contributed by atoms with Crippen LogP contribution in [0.3, 0.4) is 0 Å². The number of anilines is 2. The number of methoxy groups -OCH3 is 1. The maximum absolute atomic E-state index is 14.2. The number of benzene rings is 3. The quantitative estimate of drug-likeness (QED) is 0.228. The van der Waals surface area contributed by atoms with Crippen molar-refractivity contribution >= 4 is 29.3 Å². The molecule has 0 aliphatic carbocycles. The molecule has 0 bridgehead atoms. The van der Waals surface area contributed by atoms with Crippen LogP contribution in [0.1, 0.15) is 37.9 Å². The zero-order chi connectivity index (χ0) is 28.2. The van der Waals surface area contributed by atoms with Crippen molar-refractivity contribution in [1.29, 1.82) is 0 Å². The molecule has 206 valence electrons. The Morgan fingerprint density at radius 1 is 1.10 bits per heavy atom. The number of nitrogens with zero attached hydrogens (tertiary/aromatic N) is 3. The molecule has 0 fully saturated rings. The van der Waals surface area contributed by atoms with Crippen LogP contribution in [0.15, 0.2) is 89.2 Å². The van der Waals surface area contributed by atoms with Crippen LogP contribution in [0.25, 0.3) is 0 Å². The van der Waals surface area contributed by atoms with Crippen LogP contribution >= 0.6 is 11.8 Å². The van der Waals surface area contributed by atoms with Crippen molar-refractivity contribution < 1.29 is 18.7 Å². The largest absolute Gasteiger partial charge is 0.495 e. The highest BCUT2D eigenvalue weighted by Crippen LogP contribution is 2.38. The van der Waals surface area contributed by atoms with Crippen LogP contribution in [0.4, 0.5) is 16.0 Å². The molecule has 1 atom stereocenters. The van der Waals surface area contributed by atoms with Crippen molar-refractivity contribution in [2.24, 2.45) is 0 Å². The van der Waals surface area contributed by atoms with Crippen molar-refractivity contribution in [2.45, 2.75) is 43.8 Å². The molecule has 1 aromatic heterocycles. The number of hydrogen-bond donors (Lipinski definition) is 2. The van der Waals surface area contributed by atoms with Gasteiger partial charge in [0.15, 0.2) is 0 Å². The van der Waals surface area contributed by atoms with Crippen LogP contribution < -0.4 is 20.1 Å². The second kappa shape index (κ2) is 11.8. The molecule has 40 heavy (non-hydrogen) atoms. The minimum absolute atomic E-state index is 0.0324. The van der Waals surface area contributed by atoms with Gasteiger partial charge in [0, 0.05) is 11.4 Å².